The number of anilines is 2. The second-order valence-electron chi connectivity index (χ2n) is 9.56. The van der Waals surface area contributed by atoms with Crippen LogP contribution in [0.15, 0.2) is 36.8 Å². The largest absolute Gasteiger partial charge is 0.481 e. The Bertz CT molecular complexity index is 1510. The van der Waals surface area contributed by atoms with Gasteiger partial charge in [-0.15, -0.1) is 0 Å². The van der Waals surface area contributed by atoms with Gasteiger partial charge in [-0.25, -0.2) is 29.7 Å². The van der Waals surface area contributed by atoms with Gasteiger partial charge in [0.25, 0.3) is 0 Å². The van der Waals surface area contributed by atoms with E-state index in [9.17, 15) is 14.7 Å². The van der Waals surface area contributed by atoms with Crippen LogP contribution in [0, 0.1) is 12.3 Å². The van der Waals surface area contributed by atoms with Gasteiger partial charge in [0.15, 0.2) is 5.13 Å². The molecule has 1 aliphatic rings. The number of hydrogen-bond donors (Lipinski definition) is 2. The highest BCUT2D eigenvalue weighted by Gasteiger charge is 2.37. The highest BCUT2D eigenvalue weighted by atomic mass is 32.1. The molecule has 11 nitrogen and oxygen atoms in total. The average Bonchev–Trinajstić information content (AvgIpc) is 3.32. The molecule has 0 saturated carbocycles. The summed E-state index contributed by atoms with van der Waals surface area (Å²) in [4.78, 5) is 49.7. The maximum Gasteiger partial charge on any atom is 0.321 e. The molecule has 1 saturated heterocycles. The topological polar surface area (TPSA) is 151 Å². The smallest absolute Gasteiger partial charge is 0.321 e. The predicted molar refractivity (Wildman–Crippen MR) is 146 cm³/mol. The van der Waals surface area contributed by atoms with Gasteiger partial charge in [-0.3, -0.25) is 9.69 Å². The maximum atomic E-state index is 12.0. The summed E-state index contributed by atoms with van der Waals surface area (Å²) in [5, 5.41) is 10.0. The molecule has 1 aliphatic heterocycles. The van der Waals surface area contributed by atoms with E-state index in [0.29, 0.717) is 54.9 Å². The van der Waals surface area contributed by atoms with Crippen molar-refractivity contribution in [2.45, 2.75) is 33.6 Å². The van der Waals surface area contributed by atoms with Crippen molar-refractivity contribution >= 4 is 44.6 Å². The van der Waals surface area contributed by atoms with E-state index in [0.717, 1.165) is 27.1 Å². The summed E-state index contributed by atoms with van der Waals surface area (Å²) in [6, 6.07) is 5.25. The molecule has 1 aromatic carbocycles. The van der Waals surface area contributed by atoms with Crippen LogP contribution < -0.4 is 15.5 Å². The van der Waals surface area contributed by atoms with Gasteiger partial charge in [-0.05, 0) is 57.4 Å². The van der Waals surface area contributed by atoms with Crippen molar-refractivity contribution in [2.75, 3.05) is 29.4 Å². The monoisotopic (exact) mass is 532 g/mol. The van der Waals surface area contributed by atoms with Gasteiger partial charge in [-0.1, -0.05) is 11.3 Å². The Balaban J connectivity index is 1.52. The highest BCUT2D eigenvalue weighted by molar-refractivity contribution is 7.23. The third-order valence-electron chi connectivity index (χ3n) is 6.98. The minimum Gasteiger partial charge on any atom is -0.481 e. The number of nitrogens with two attached hydrogens (primary N) is 1. The fraction of sp³-hybridized carbons (Fsp3) is 0.346. The number of primary amides is 1. The summed E-state index contributed by atoms with van der Waals surface area (Å²) in [6.45, 7) is 7.04. The van der Waals surface area contributed by atoms with Gasteiger partial charge >= 0.3 is 12.0 Å². The molecule has 0 radical (unpaired) electrons. The molecular weight excluding hydrogens is 504 g/mol. The number of thiazole rings is 1. The molecule has 3 N–H and O–H groups in total. The van der Waals surface area contributed by atoms with Crippen LogP contribution in [0.3, 0.4) is 0 Å². The number of carbonyl (C=O) groups excluding carboxylic acids is 1. The first-order chi connectivity index (χ1) is 18.2. The number of benzene rings is 1. The van der Waals surface area contributed by atoms with Crippen LogP contribution in [0.25, 0.3) is 32.6 Å². The number of aryl methyl sites for hydroxylation is 1. The Hall–Kier alpha value is -4.19. The third-order valence-corrected chi connectivity index (χ3v) is 8.11. The van der Waals surface area contributed by atoms with Crippen LogP contribution in [-0.4, -0.2) is 61.7 Å². The molecular formula is C26H28N8O3S. The van der Waals surface area contributed by atoms with E-state index >= 15 is 0 Å². The number of aliphatic carboxylic acids is 1. The first-order valence-electron chi connectivity index (χ1n) is 12.3. The molecule has 4 aromatic rings. The van der Waals surface area contributed by atoms with Gasteiger partial charge in [0.2, 0.25) is 5.95 Å². The summed E-state index contributed by atoms with van der Waals surface area (Å²) in [6.07, 6.45) is 6.32. The van der Waals surface area contributed by atoms with Crippen LogP contribution in [0.1, 0.15) is 32.5 Å². The van der Waals surface area contributed by atoms with E-state index in [1.165, 1.54) is 16.2 Å². The van der Waals surface area contributed by atoms with Crippen molar-refractivity contribution in [3.8, 4) is 22.4 Å². The van der Waals surface area contributed by atoms with Gasteiger partial charge in [0, 0.05) is 49.4 Å². The van der Waals surface area contributed by atoms with E-state index in [-0.39, 0.29) is 0 Å². The van der Waals surface area contributed by atoms with Crippen molar-refractivity contribution in [1.82, 2.24) is 24.9 Å². The first kappa shape index (κ1) is 25.5. The van der Waals surface area contributed by atoms with Gasteiger partial charge < -0.3 is 15.7 Å². The molecule has 0 spiro atoms. The first-order valence-corrected chi connectivity index (χ1v) is 13.1. The molecule has 4 heterocycles. The zero-order valence-electron chi connectivity index (χ0n) is 21.4. The zero-order valence-corrected chi connectivity index (χ0v) is 22.2. The second kappa shape index (κ2) is 9.93. The van der Waals surface area contributed by atoms with Crippen molar-refractivity contribution in [1.29, 1.82) is 0 Å². The maximum absolute atomic E-state index is 12.0. The van der Waals surface area contributed by atoms with E-state index in [2.05, 4.69) is 19.9 Å². The van der Waals surface area contributed by atoms with Crippen molar-refractivity contribution in [2.24, 2.45) is 11.1 Å². The number of fused-ring (bicyclic) bond motifs is 1. The highest BCUT2D eigenvalue weighted by Crippen LogP contribution is 2.39. The molecule has 3 aromatic heterocycles. The number of carbonyl (C=O) groups is 2. The van der Waals surface area contributed by atoms with Crippen molar-refractivity contribution < 1.29 is 14.7 Å². The quantitative estimate of drug-likeness (QED) is 0.374. The zero-order chi connectivity index (χ0) is 27.0. The van der Waals surface area contributed by atoms with Crippen LogP contribution in [0.2, 0.25) is 0 Å². The molecule has 12 heteroatoms. The van der Waals surface area contributed by atoms with Crippen LogP contribution >= 0.6 is 11.3 Å². The summed E-state index contributed by atoms with van der Waals surface area (Å²) in [5.74, 6) is 0.456. The normalized spacial score (nSPS) is 15.0. The Morgan fingerprint density at radius 1 is 1.13 bits per heavy atom. The minimum atomic E-state index is -0.762. The van der Waals surface area contributed by atoms with E-state index in [1.807, 2.05) is 36.9 Å². The lowest BCUT2D eigenvalue weighted by atomic mass is 9.80. The second-order valence-corrected chi connectivity index (χ2v) is 10.5. The number of hydrogen-bond acceptors (Lipinski definition) is 9. The Morgan fingerprint density at radius 2 is 1.84 bits per heavy atom. The lowest BCUT2D eigenvalue weighted by molar-refractivity contribution is -0.149. The molecule has 0 atom stereocenters. The molecule has 1 fully saturated rings. The van der Waals surface area contributed by atoms with Crippen molar-refractivity contribution in [3.05, 3.63) is 42.6 Å². The van der Waals surface area contributed by atoms with Gasteiger partial charge in [-0.2, -0.15) is 0 Å². The summed E-state index contributed by atoms with van der Waals surface area (Å²) in [5.41, 5.74) is 8.83. The molecule has 0 bridgehead atoms. The lowest BCUT2D eigenvalue weighted by Crippen LogP contribution is -2.43. The van der Waals surface area contributed by atoms with Crippen LogP contribution in [0.5, 0.6) is 0 Å². The molecule has 2 amide bonds. The Labute approximate surface area is 223 Å². The molecule has 5 rings (SSSR count). The number of aromatic nitrogens is 5. The summed E-state index contributed by atoms with van der Waals surface area (Å²) in [7, 11) is 0. The average molecular weight is 533 g/mol. The third kappa shape index (κ3) is 4.74. The van der Waals surface area contributed by atoms with Crippen LogP contribution in [0.4, 0.5) is 15.9 Å². The molecule has 196 valence electrons. The number of carboxylic acid groups (broad SMARTS) is 1. The number of rotatable bonds is 6. The standard InChI is InChI=1S/C26H28N8O3S/c1-4-34(23(27)37)25-32-20-12-16(11-18(21(20)38-25)19-5-8-28-15(2)31-19)17-13-29-24(30-14-17)33-9-6-26(3,7-10-33)22(35)36/h5,8,11-14H,4,6-7,9-10H2,1-3H3,(H2,27,37)(H,35,36). The number of piperidine rings is 1. The summed E-state index contributed by atoms with van der Waals surface area (Å²) < 4.78 is 0.883. The number of carboxylic acids is 1. The fourth-order valence-electron chi connectivity index (χ4n) is 4.53. The Kier molecular flexibility index (Phi) is 6.66. The van der Waals surface area contributed by atoms with E-state index in [1.54, 1.807) is 25.5 Å². The molecule has 0 aliphatic carbocycles. The molecule has 0 unspecified atom stereocenters. The predicted octanol–water partition coefficient (Wildman–Crippen LogP) is 4.11. The Morgan fingerprint density at radius 3 is 2.45 bits per heavy atom. The van der Waals surface area contributed by atoms with Crippen molar-refractivity contribution in [3.63, 3.8) is 0 Å². The van der Waals surface area contributed by atoms with E-state index < -0.39 is 17.4 Å². The van der Waals surface area contributed by atoms with E-state index in [4.69, 9.17) is 10.7 Å². The lowest BCUT2D eigenvalue weighted by Gasteiger charge is -2.36. The fourth-order valence-corrected chi connectivity index (χ4v) is 5.67. The van der Waals surface area contributed by atoms with Gasteiger partial charge in [0.05, 0.1) is 21.3 Å². The molecule has 38 heavy (non-hydrogen) atoms. The SMILES string of the molecule is CCN(C(N)=O)c1nc2cc(-c3cnc(N4CCC(C)(C(=O)O)CC4)nc3)cc(-c3ccnc(C)n3)c2s1. The number of amides is 2. The van der Waals surface area contributed by atoms with Crippen LogP contribution in [-0.2, 0) is 4.79 Å². The summed E-state index contributed by atoms with van der Waals surface area (Å²) >= 11 is 1.39. The number of nitrogens with zero attached hydrogens (tertiary/aromatic N) is 7. The number of urea groups is 1. The minimum absolute atomic E-state index is 0.404. The van der Waals surface area contributed by atoms with Gasteiger partial charge in [0.1, 0.15) is 5.82 Å².